The summed E-state index contributed by atoms with van der Waals surface area (Å²) in [6, 6.07) is 41.3. The maximum absolute atomic E-state index is 2.69. The summed E-state index contributed by atoms with van der Waals surface area (Å²) in [5.41, 5.74) is 19.2. The molecule has 4 heteroatoms. The molecule has 6 aromatic carbocycles. The van der Waals surface area contributed by atoms with Crippen molar-refractivity contribution < 1.29 is 0 Å². The van der Waals surface area contributed by atoms with Crippen LogP contribution in [0.2, 0.25) is 0 Å². The van der Waals surface area contributed by atoms with Crippen LogP contribution < -0.4 is 25.5 Å². The number of anilines is 6. The molecule has 0 saturated heterocycles. The molecule has 0 spiro atoms. The average Bonchev–Trinajstić information content (AvgIpc) is 3.54. The molecule has 0 bridgehead atoms. The van der Waals surface area contributed by atoms with Gasteiger partial charge in [-0.1, -0.05) is 139 Å². The highest BCUT2D eigenvalue weighted by Gasteiger charge is 2.46. The minimum absolute atomic E-state index is 0.000488. The SMILES string of the molecule is Cc1cc2c3c(c1)N(c1ccc4c(c1)C(C)(C)CCC4(C)C)c1c(sc4cc5ccc(C(C)(C)C)cc5cc14)B3c1cc(C(C)(C)C)ccc1N2c1ccc(C(C)(C)C)cc1. The van der Waals surface area contributed by atoms with E-state index in [2.05, 4.69) is 210 Å². The Morgan fingerprint density at radius 2 is 1.10 bits per heavy atom. The molecule has 61 heavy (non-hydrogen) atoms. The third-order valence-corrected chi connectivity index (χ3v) is 15.8. The number of fused-ring (bicyclic) bond motifs is 8. The fraction of sp³-hybridized carbons (Fsp3) is 0.368. The second-order valence-electron chi connectivity index (χ2n) is 23.1. The molecule has 310 valence electrons. The fourth-order valence-corrected chi connectivity index (χ4v) is 12.0. The van der Waals surface area contributed by atoms with Gasteiger partial charge in [-0.15, -0.1) is 11.3 Å². The predicted octanol–water partition coefficient (Wildman–Crippen LogP) is 14.7. The van der Waals surface area contributed by atoms with Crippen molar-refractivity contribution in [2.24, 2.45) is 0 Å². The minimum atomic E-state index is 0.000488. The highest BCUT2D eigenvalue weighted by molar-refractivity contribution is 7.33. The Labute approximate surface area is 370 Å². The Hall–Kier alpha value is -4.80. The van der Waals surface area contributed by atoms with Gasteiger partial charge in [0.25, 0.3) is 6.71 Å². The number of thiophene rings is 1. The lowest BCUT2D eigenvalue weighted by Crippen LogP contribution is -2.60. The molecule has 0 atom stereocenters. The Kier molecular flexibility index (Phi) is 8.66. The fourth-order valence-electron chi connectivity index (χ4n) is 10.7. The number of hydrogen-bond donors (Lipinski definition) is 0. The van der Waals surface area contributed by atoms with Gasteiger partial charge in [-0.3, -0.25) is 0 Å². The average molecular weight is 819 g/mol. The Bertz CT molecular complexity index is 2940. The van der Waals surface area contributed by atoms with Crippen LogP contribution in [0.4, 0.5) is 34.1 Å². The summed E-state index contributed by atoms with van der Waals surface area (Å²) < 4.78 is 2.79. The number of rotatable bonds is 2. The molecule has 10 rings (SSSR count). The zero-order chi connectivity index (χ0) is 43.3. The number of hydrogen-bond acceptors (Lipinski definition) is 3. The van der Waals surface area contributed by atoms with Crippen LogP contribution >= 0.6 is 11.3 Å². The van der Waals surface area contributed by atoms with Crippen LogP contribution in [-0.4, -0.2) is 6.71 Å². The lowest BCUT2D eigenvalue weighted by molar-refractivity contribution is 0.332. The van der Waals surface area contributed by atoms with Crippen LogP contribution in [0.3, 0.4) is 0 Å². The van der Waals surface area contributed by atoms with Crippen LogP contribution in [-0.2, 0) is 27.1 Å². The van der Waals surface area contributed by atoms with Gasteiger partial charge in [0, 0.05) is 43.3 Å². The molecule has 0 radical (unpaired) electrons. The molecule has 2 nitrogen and oxygen atoms in total. The molecule has 3 heterocycles. The molecule has 0 unspecified atom stereocenters. The van der Waals surface area contributed by atoms with Gasteiger partial charge in [0.2, 0.25) is 0 Å². The van der Waals surface area contributed by atoms with E-state index in [1.807, 2.05) is 11.3 Å². The minimum Gasteiger partial charge on any atom is -0.311 e. The standard InChI is InChI=1S/C57H63BN2S/c1-34-27-47-50-48(28-34)60(41-22-23-43-44(33-41)57(13,14)26-25-56(43,11)12)51-42-30-36-29-38(54(5,6)7)16-15-35(36)31-49(42)61-52(51)58(50)45-32-39(55(8,9)10)19-24-46(45)59(47)40-20-17-37(18-21-40)53(2,3)4/h15-24,27-33H,25-26H2,1-14H3. The Balaban J connectivity index is 1.32. The molecule has 0 fully saturated rings. The predicted molar refractivity (Wildman–Crippen MR) is 269 cm³/mol. The number of benzene rings is 6. The van der Waals surface area contributed by atoms with Crippen LogP contribution in [0, 0.1) is 6.92 Å². The Morgan fingerprint density at radius 3 is 1.75 bits per heavy atom. The van der Waals surface area contributed by atoms with Gasteiger partial charge in [-0.05, 0) is 157 Å². The van der Waals surface area contributed by atoms with E-state index >= 15 is 0 Å². The maximum Gasteiger partial charge on any atom is 0.264 e. The van der Waals surface area contributed by atoms with Gasteiger partial charge < -0.3 is 9.80 Å². The first-order chi connectivity index (χ1) is 28.5. The number of aryl methyl sites for hydroxylation is 1. The van der Waals surface area contributed by atoms with Gasteiger partial charge in [0.1, 0.15) is 0 Å². The van der Waals surface area contributed by atoms with E-state index in [4.69, 9.17) is 0 Å². The summed E-state index contributed by atoms with van der Waals surface area (Å²) in [4.78, 5) is 5.27. The summed E-state index contributed by atoms with van der Waals surface area (Å²) in [6.07, 6.45) is 2.39. The third kappa shape index (κ3) is 6.32. The topological polar surface area (TPSA) is 6.48 Å². The van der Waals surface area contributed by atoms with Crippen molar-refractivity contribution in [3.05, 3.63) is 137 Å². The molecule has 2 aliphatic heterocycles. The van der Waals surface area contributed by atoms with E-state index < -0.39 is 0 Å². The summed E-state index contributed by atoms with van der Waals surface area (Å²) in [5.74, 6) is 0. The van der Waals surface area contributed by atoms with Crippen molar-refractivity contribution in [3.63, 3.8) is 0 Å². The van der Waals surface area contributed by atoms with Crippen LogP contribution in [0.1, 0.15) is 136 Å². The molecular formula is C57H63BN2S. The monoisotopic (exact) mass is 818 g/mol. The normalized spacial score (nSPS) is 16.7. The van der Waals surface area contributed by atoms with Crippen molar-refractivity contribution >= 4 is 88.7 Å². The highest BCUT2D eigenvalue weighted by atomic mass is 32.1. The maximum atomic E-state index is 2.69. The van der Waals surface area contributed by atoms with Gasteiger partial charge in [-0.2, -0.15) is 0 Å². The zero-order valence-corrected chi connectivity index (χ0v) is 39.9. The van der Waals surface area contributed by atoms with Crippen molar-refractivity contribution in [1.29, 1.82) is 0 Å². The molecule has 1 aromatic heterocycles. The van der Waals surface area contributed by atoms with Crippen molar-refractivity contribution in [3.8, 4) is 0 Å². The van der Waals surface area contributed by atoms with Crippen LogP contribution in [0.15, 0.2) is 103 Å². The summed E-state index contributed by atoms with van der Waals surface area (Å²) in [7, 11) is 0. The van der Waals surface area contributed by atoms with Crippen LogP contribution in [0.25, 0.3) is 20.9 Å². The first-order valence-electron chi connectivity index (χ1n) is 22.7. The molecule has 0 saturated carbocycles. The molecule has 0 amide bonds. The van der Waals surface area contributed by atoms with E-state index in [9.17, 15) is 0 Å². The molecule has 0 N–H and O–H groups in total. The third-order valence-electron chi connectivity index (χ3n) is 14.6. The quantitative estimate of drug-likeness (QED) is 0.160. The Morgan fingerprint density at radius 1 is 0.525 bits per heavy atom. The van der Waals surface area contributed by atoms with Gasteiger partial charge in [0.05, 0.1) is 5.69 Å². The summed E-state index contributed by atoms with van der Waals surface area (Å²) >= 11 is 2.01. The summed E-state index contributed by atoms with van der Waals surface area (Å²) in [5, 5.41) is 3.97. The number of nitrogens with zero attached hydrogens (tertiary/aromatic N) is 2. The second-order valence-corrected chi connectivity index (χ2v) is 24.2. The smallest absolute Gasteiger partial charge is 0.264 e. The molecular weight excluding hydrogens is 756 g/mol. The second kappa shape index (κ2) is 13.1. The molecule has 7 aromatic rings. The van der Waals surface area contributed by atoms with Crippen molar-refractivity contribution in [1.82, 2.24) is 0 Å². The summed E-state index contributed by atoms with van der Waals surface area (Å²) in [6.45, 7) is 33.1. The van der Waals surface area contributed by atoms with E-state index in [0.717, 1.165) is 0 Å². The van der Waals surface area contributed by atoms with Gasteiger partial charge in [-0.25, -0.2) is 0 Å². The van der Waals surface area contributed by atoms with Crippen molar-refractivity contribution in [2.75, 3.05) is 9.80 Å². The van der Waals surface area contributed by atoms with E-state index in [0.29, 0.717) is 0 Å². The zero-order valence-electron chi connectivity index (χ0n) is 39.1. The van der Waals surface area contributed by atoms with E-state index in [1.54, 1.807) is 0 Å². The highest BCUT2D eigenvalue weighted by Crippen LogP contribution is 2.52. The van der Waals surface area contributed by atoms with Crippen molar-refractivity contribution in [2.45, 2.75) is 137 Å². The molecule has 3 aliphatic rings. The van der Waals surface area contributed by atoms with Gasteiger partial charge in [0.15, 0.2) is 0 Å². The molecule has 1 aliphatic carbocycles. The first-order valence-corrected chi connectivity index (χ1v) is 23.5. The lowest BCUT2D eigenvalue weighted by Gasteiger charge is -2.45. The van der Waals surface area contributed by atoms with E-state index in [-0.39, 0.29) is 33.8 Å². The van der Waals surface area contributed by atoms with Gasteiger partial charge >= 0.3 is 0 Å². The van der Waals surface area contributed by atoms with Crippen LogP contribution in [0.5, 0.6) is 0 Å². The lowest BCUT2D eigenvalue weighted by atomic mass is 9.36. The van der Waals surface area contributed by atoms with E-state index in [1.165, 1.54) is 117 Å². The largest absolute Gasteiger partial charge is 0.311 e. The first kappa shape index (κ1) is 40.3.